The number of aromatic nitrogens is 2. The molecule has 0 bridgehead atoms. The van der Waals surface area contributed by atoms with E-state index in [0.717, 1.165) is 6.07 Å². The third-order valence-electron chi connectivity index (χ3n) is 3.92. The van der Waals surface area contributed by atoms with Crippen molar-refractivity contribution < 1.29 is 26.9 Å². The van der Waals surface area contributed by atoms with Gasteiger partial charge in [-0.05, 0) is 23.8 Å². The Hall–Kier alpha value is -3.23. The van der Waals surface area contributed by atoms with Crippen LogP contribution in [0.15, 0.2) is 53.1 Å². The molecular weight excluding hydrogens is 378 g/mol. The fourth-order valence-corrected chi connectivity index (χ4v) is 2.55. The Bertz CT molecular complexity index is 970. The van der Waals surface area contributed by atoms with Crippen molar-refractivity contribution in [1.29, 1.82) is 0 Å². The highest BCUT2D eigenvalue weighted by Gasteiger charge is 2.32. The summed E-state index contributed by atoms with van der Waals surface area (Å²) in [6.45, 7) is -0.243. The topological polar surface area (TPSA) is 68.0 Å². The molecule has 0 radical (unpaired) electrons. The zero-order valence-corrected chi connectivity index (χ0v) is 14.5. The number of nitrogens with one attached hydrogen (secondary N) is 1. The Morgan fingerprint density at radius 2 is 1.89 bits per heavy atom. The average molecular weight is 393 g/mol. The molecule has 1 amide bonds. The average Bonchev–Trinajstić information content (AvgIpc) is 3.13. The van der Waals surface area contributed by atoms with Gasteiger partial charge in [-0.3, -0.25) is 4.79 Å². The predicted molar refractivity (Wildman–Crippen MR) is 91.3 cm³/mol. The Kier molecular flexibility index (Phi) is 5.72. The molecule has 1 heterocycles. The first kappa shape index (κ1) is 19.5. The summed E-state index contributed by atoms with van der Waals surface area (Å²) >= 11 is 0. The number of rotatable bonds is 6. The SMILES string of the molecule is O=C(CCc1nc(-c2cccc(F)c2)no1)NCc1ccccc1C(F)(F)F. The minimum Gasteiger partial charge on any atom is -0.352 e. The van der Waals surface area contributed by atoms with Crippen molar-refractivity contribution in [3.63, 3.8) is 0 Å². The van der Waals surface area contributed by atoms with Crippen molar-refractivity contribution in [3.8, 4) is 11.4 Å². The number of nitrogens with zero attached hydrogens (tertiary/aromatic N) is 2. The molecule has 2 aromatic carbocycles. The van der Waals surface area contributed by atoms with Crippen LogP contribution in [-0.4, -0.2) is 16.0 Å². The van der Waals surface area contributed by atoms with Gasteiger partial charge < -0.3 is 9.84 Å². The van der Waals surface area contributed by atoms with Crippen molar-refractivity contribution >= 4 is 5.91 Å². The molecule has 0 spiro atoms. The van der Waals surface area contributed by atoms with Crippen LogP contribution in [0.3, 0.4) is 0 Å². The summed E-state index contributed by atoms with van der Waals surface area (Å²) in [7, 11) is 0. The lowest BCUT2D eigenvalue weighted by Crippen LogP contribution is -2.24. The van der Waals surface area contributed by atoms with Gasteiger partial charge in [0, 0.05) is 24.9 Å². The summed E-state index contributed by atoms with van der Waals surface area (Å²) in [5, 5.41) is 6.18. The number of hydrogen-bond acceptors (Lipinski definition) is 4. The molecule has 1 N–H and O–H groups in total. The van der Waals surface area contributed by atoms with Gasteiger partial charge in [0.2, 0.25) is 17.6 Å². The number of hydrogen-bond donors (Lipinski definition) is 1. The van der Waals surface area contributed by atoms with Crippen molar-refractivity contribution in [2.75, 3.05) is 0 Å². The van der Waals surface area contributed by atoms with Crippen LogP contribution in [0.5, 0.6) is 0 Å². The van der Waals surface area contributed by atoms with Crippen LogP contribution in [0.4, 0.5) is 17.6 Å². The fourth-order valence-electron chi connectivity index (χ4n) is 2.55. The summed E-state index contributed by atoms with van der Waals surface area (Å²) in [6, 6.07) is 10.7. The van der Waals surface area contributed by atoms with E-state index in [0.29, 0.717) is 5.56 Å². The lowest BCUT2D eigenvalue weighted by Gasteiger charge is -2.13. The van der Waals surface area contributed by atoms with Gasteiger partial charge in [0.25, 0.3) is 0 Å². The van der Waals surface area contributed by atoms with Gasteiger partial charge in [-0.25, -0.2) is 4.39 Å². The van der Waals surface area contributed by atoms with Gasteiger partial charge in [0.15, 0.2) is 0 Å². The second kappa shape index (κ2) is 8.20. The van der Waals surface area contributed by atoms with Crippen LogP contribution in [0.25, 0.3) is 11.4 Å². The largest absolute Gasteiger partial charge is 0.416 e. The zero-order chi connectivity index (χ0) is 20.1. The van der Waals surface area contributed by atoms with Gasteiger partial charge in [-0.1, -0.05) is 35.5 Å². The van der Waals surface area contributed by atoms with Crippen LogP contribution in [0.1, 0.15) is 23.4 Å². The highest BCUT2D eigenvalue weighted by Crippen LogP contribution is 2.31. The molecule has 146 valence electrons. The minimum atomic E-state index is -4.49. The number of halogens is 4. The maximum absolute atomic E-state index is 13.2. The number of amides is 1. The minimum absolute atomic E-state index is 0.0190. The molecule has 0 aliphatic carbocycles. The number of benzene rings is 2. The van der Waals surface area contributed by atoms with E-state index in [2.05, 4.69) is 15.5 Å². The van der Waals surface area contributed by atoms with E-state index in [4.69, 9.17) is 4.52 Å². The number of carbonyl (C=O) groups is 1. The Balaban J connectivity index is 1.55. The van der Waals surface area contributed by atoms with Gasteiger partial charge in [0.1, 0.15) is 5.82 Å². The van der Waals surface area contributed by atoms with Crippen molar-refractivity contribution in [2.24, 2.45) is 0 Å². The summed E-state index contributed by atoms with van der Waals surface area (Å²) in [5.74, 6) is -0.538. The predicted octanol–water partition coefficient (Wildman–Crippen LogP) is 4.14. The van der Waals surface area contributed by atoms with E-state index in [1.165, 1.54) is 36.4 Å². The standard InChI is InChI=1S/C19H15F4N3O2/c20-14-6-3-5-12(10-14)18-25-17(28-26-18)9-8-16(27)24-11-13-4-1-2-7-15(13)19(21,22)23/h1-7,10H,8-9,11H2,(H,24,27). The van der Waals surface area contributed by atoms with E-state index < -0.39 is 23.5 Å². The van der Waals surface area contributed by atoms with Gasteiger partial charge in [0.05, 0.1) is 5.56 Å². The van der Waals surface area contributed by atoms with E-state index >= 15 is 0 Å². The van der Waals surface area contributed by atoms with E-state index in [1.54, 1.807) is 6.07 Å². The van der Waals surface area contributed by atoms with Gasteiger partial charge >= 0.3 is 6.18 Å². The smallest absolute Gasteiger partial charge is 0.352 e. The molecule has 28 heavy (non-hydrogen) atoms. The lowest BCUT2D eigenvalue weighted by molar-refractivity contribution is -0.138. The second-order valence-electron chi connectivity index (χ2n) is 5.95. The van der Waals surface area contributed by atoms with Gasteiger partial charge in [-0.15, -0.1) is 0 Å². The van der Waals surface area contributed by atoms with Crippen LogP contribution in [-0.2, 0) is 23.9 Å². The van der Waals surface area contributed by atoms with Crippen LogP contribution in [0, 0.1) is 5.82 Å². The lowest BCUT2D eigenvalue weighted by atomic mass is 10.1. The van der Waals surface area contributed by atoms with E-state index in [-0.39, 0.29) is 36.7 Å². The fraction of sp³-hybridized carbons (Fsp3) is 0.211. The number of alkyl halides is 3. The first-order valence-corrected chi connectivity index (χ1v) is 8.33. The molecule has 0 saturated heterocycles. The molecule has 0 unspecified atom stereocenters. The molecule has 1 aromatic heterocycles. The van der Waals surface area contributed by atoms with Crippen LogP contribution >= 0.6 is 0 Å². The van der Waals surface area contributed by atoms with Gasteiger partial charge in [-0.2, -0.15) is 18.2 Å². The summed E-state index contributed by atoms with van der Waals surface area (Å²) in [6.07, 6.45) is -4.42. The number of carbonyl (C=O) groups excluding carboxylic acids is 1. The molecule has 0 aliphatic heterocycles. The summed E-state index contributed by atoms with van der Waals surface area (Å²) < 4.78 is 57.1. The van der Waals surface area contributed by atoms with Crippen LogP contribution < -0.4 is 5.32 Å². The molecule has 0 saturated carbocycles. The first-order valence-electron chi connectivity index (χ1n) is 8.33. The number of aryl methyl sites for hydroxylation is 1. The Morgan fingerprint density at radius 1 is 1.11 bits per heavy atom. The summed E-state index contributed by atoms with van der Waals surface area (Å²) in [5.41, 5.74) is -0.371. The Morgan fingerprint density at radius 3 is 2.64 bits per heavy atom. The third-order valence-corrected chi connectivity index (χ3v) is 3.92. The quantitative estimate of drug-likeness (QED) is 0.639. The Labute approximate surface area is 157 Å². The molecule has 3 rings (SSSR count). The first-order chi connectivity index (χ1) is 13.3. The van der Waals surface area contributed by atoms with Crippen LogP contribution in [0.2, 0.25) is 0 Å². The van der Waals surface area contributed by atoms with E-state index in [1.807, 2.05) is 0 Å². The molecule has 3 aromatic rings. The van der Waals surface area contributed by atoms with E-state index in [9.17, 15) is 22.4 Å². The maximum Gasteiger partial charge on any atom is 0.416 e. The molecule has 0 fully saturated rings. The molecule has 0 atom stereocenters. The molecule has 9 heteroatoms. The van der Waals surface area contributed by atoms with Crippen molar-refractivity contribution in [3.05, 3.63) is 71.4 Å². The van der Waals surface area contributed by atoms with Crippen molar-refractivity contribution in [2.45, 2.75) is 25.6 Å². The molecular formula is C19H15F4N3O2. The third kappa shape index (κ3) is 4.93. The second-order valence-corrected chi connectivity index (χ2v) is 5.95. The molecule has 0 aliphatic rings. The maximum atomic E-state index is 13.2. The molecule has 5 nitrogen and oxygen atoms in total. The summed E-state index contributed by atoms with van der Waals surface area (Å²) in [4.78, 5) is 16.0. The highest BCUT2D eigenvalue weighted by atomic mass is 19.4. The normalized spacial score (nSPS) is 11.4. The monoisotopic (exact) mass is 393 g/mol. The van der Waals surface area contributed by atoms with Crippen molar-refractivity contribution in [1.82, 2.24) is 15.5 Å². The zero-order valence-electron chi connectivity index (χ0n) is 14.5. The highest BCUT2D eigenvalue weighted by molar-refractivity contribution is 5.76.